The highest BCUT2D eigenvalue weighted by Gasteiger charge is 2.26. The van der Waals surface area contributed by atoms with E-state index in [2.05, 4.69) is 5.32 Å². The summed E-state index contributed by atoms with van der Waals surface area (Å²) in [7, 11) is 0. The van der Waals surface area contributed by atoms with Crippen molar-refractivity contribution in [1.29, 1.82) is 0 Å². The maximum absolute atomic E-state index is 12.3. The second kappa shape index (κ2) is 6.88. The van der Waals surface area contributed by atoms with Crippen LogP contribution in [0, 0.1) is 0 Å². The van der Waals surface area contributed by atoms with Crippen molar-refractivity contribution in [3.63, 3.8) is 0 Å². The van der Waals surface area contributed by atoms with Gasteiger partial charge in [-0.1, -0.05) is 13.8 Å². The van der Waals surface area contributed by atoms with Crippen molar-refractivity contribution in [1.82, 2.24) is 0 Å². The number of carbonyl (C=O) groups excluding carboxylic acids is 2. The Hall–Kier alpha value is -1.36. The van der Waals surface area contributed by atoms with Crippen LogP contribution in [0.5, 0.6) is 0 Å². The van der Waals surface area contributed by atoms with Gasteiger partial charge < -0.3 is 10.1 Å². The predicted octanol–water partition coefficient (Wildman–Crippen LogP) is 3.54. The molecule has 0 radical (unpaired) electrons. The van der Waals surface area contributed by atoms with Gasteiger partial charge in [-0.05, 0) is 37.7 Å². The summed E-state index contributed by atoms with van der Waals surface area (Å²) < 4.78 is 5.27. The number of rotatable bonds is 5. The highest BCUT2D eigenvalue weighted by atomic mass is 32.1. The van der Waals surface area contributed by atoms with E-state index in [-0.39, 0.29) is 11.9 Å². The third kappa shape index (κ3) is 3.20. The SMILES string of the molecule is CCCOC(=O)c1c(NC(=O)CC)sc2c1CCCC2. The van der Waals surface area contributed by atoms with Crippen LogP contribution in [0.25, 0.3) is 0 Å². The monoisotopic (exact) mass is 295 g/mol. The molecule has 0 bridgehead atoms. The summed E-state index contributed by atoms with van der Waals surface area (Å²) in [6, 6.07) is 0. The van der Waals surface area contributed by atoms with Crippen LogP contribution in [0.1, 0.15) is 60.3 Å². The lowest BCUT2D eigenvalue weighted by Gasteiger charge is -2.12. The van der Waals surface area contributed by atoms with Gasteiger partial charge in [-0.3, -0.25) is 4.79 Å². The Balaban J connectivity index is 2.31. The van der Waals surface area contributed by atoms with Gasteiger partial charge in [0.1, 0.15) is 5.00 Å². The minimum atomic E-state index is -0.294. The van der Waals surface area contributed by atoms with Crippen molar-refractivity contribution in [2.45, 2.75) is 52.4 Å². The molecule has 1 aliphatic rings. The van der Waals surface area contributed by atoms with Crippen LogP contribution in [0.3, 0.4) is 0 Å². The van der Waals surface area contributed by atoms with E-state index in [1.807, 2.05) is 6.92 Å². The van der Waals surface area contributed by atoms with Crippen molar-refractivity contribution in [3.05, 3.63) is 16.0 Å². The lowest BCUT2D eigenvalue weighted by molar-refractivity contribution is -0.115. The number of nitrogens with one attached hydrogen (secondary N) is 1. The molecule has 1 aliphatic carbocycles. The summed E-state index contributed by atoms with van der Waals surface area (Å²) in [6.45, 7) is 4.19. The van der Waals surface area contributed by atoms with Gasteiger partial charge in [0.25, 0.3) is 0 Å². The zero-order chi connectivity index (χ0) is 14.5. The average Bonchev–Trinajstić information content (AvgIpc) is 2.82. The summed E-state index contributed by atoms with van der Waals surface area (Å²) in [6.07, 6.45) is 5.36. The first-order chi connectivity index (χ1) is 9.67. The van der Waals surface area contributed by atoms with Gasteiger partial charge in [-0.15, -0.1) is 11.3 Å². The smallest absolute Gasteiger partial charge is 0.341 e. The number of hydrogen-bond acceptors (Lipinski definition) is 4. The Morgan fingerprint density at radius 2 is 2.00 bits per heavy atom. The van der Waals surface area contributed by atoms with Crippen LogP contribution in [-0.2, 0) is 22.4 Å². The number of anilines is 1. The first-order valence-electron chi connectivity index (χ1n) is 7.28. The zero-order valence-electron chi connectivity index (χ0n) is 12.1. The van der Waals surface area contributed by atoms with Crippen molar-refractivity contribution < 1.29 is 14.3 Å². The molecule has 1 heterocycles. The van der Waals surface area contributed by atoms with E-state index in [9.17, 15) is 9.59 Å². The molecular weight excluding hydrogens is 274 g/mol. The molecule has 2 rings (SSSR count). The zero-order valence-corrected chi connectivity index (χ0v) is 12.9. The second-order valence-electron chi connectivity index (χ2n) is 4.95. The van der Waals surface area contributed by atoms with Crippen molar-refractivity contribution >= 4 is 28.2 Å². The highest BCUT2D eigenvalue weighted by molar-refractivity contribution is 7.17. The first-order valence-corrected chi connectivity index (χ1v) is 8.10. The van der Waals surface area contributed by atoms with Gasteiger partial charge in [-0.25, -0.2) is 4.79 Å². The van der Waals surface area contributed by atoms with E-state index < -0.39 is 0 Å². The number of thiophene rings is 1. The summed E-state index contributed by atoms with van der Waals surface area (Å²) in [5, 5.41) is 3.52. The molecule has 20 heavy (non-hydrogen) atoms. The quantitative estimate of drug-likeness (QED) is 0.845. The standard InChI is InChI=1S/C15H21NO3S/c1-3-9-19-15(18)13-10-7-5-6-8-11(10)20-14(13)16-12(17)4-2/h3-9H2,1-2H3,(H,16,17). The van der Waals surface area contributed by atoms with Gasteiger partial charge in [0, 0.05) is 11.3 Å². The topological polar surface area (TPSA) is 55.4 Å². The van der Waals surface area contributed by atoms with Gasteiger partial charge in [0.15, 0.2) is 0 Å². The number of aryl methyl sites for hydroxylation is 1. The third-order valence-corrected chi connectivity index (χ3v) is 4.59. The lowest BCUT2D eigenvalue weighted by atomic mass is 9.95. The van der Waals surface area contributed by atoms with E-state index in [1.54, 1.807) is 6.92 Å². The fraction of sp³-hybridized carbons (Fsp3) is 0.600. The summed E-state index contributed by atoms with van der Waals surface area (Å²) >= 11 is 1.53. The molecule has 1 aromatic heterocycles. The Morgan fingerprint density at radius 1 is 1.25 bits per heavy atom. The minimum Gasteiger partial charge on any atom is -0.462 e. The molecule has 0 aliphatic heterocycles. The fourth-order valence-corrected chi connectivity index (χ4v) is 3.65. The number of amides is 1. The summed E-state index contributed by atoms with van der Waals surface area (Å²) in [5.41, 5.74) is 1.69. The Labute approximate surface area is 123 Å². The molecule has 5 heteroatoms. The molecule has 1 N–H and O–H groups in total. The van der Waals surface area contributed by atoms with Crippen LogP contribution >= 0.6 is 11.3 Å². The van der Waals surface area contributed by atoms with Gasteiger partial charge in [-0.2, -0.15) is 0 Å². The van der Waals surface area contributed by atoms with E-state index in [1.165, 1.54) is 16.2 Å². The maximum atomic E-state index is 12.3. The lowest BCUT2D eigenvalue weighted by Crippen LogP contribution is -2.15. The van der Waals surface area contributed by atoms with Gasteiger partial charge >= 0.3 is 5.97 Å². The molecule has 110 valence electrons. The van der Waals surface area contributed by atoms with Crippen molar-refractivity contribution in [3.8, 4) is 0 Å². The largest absolute Gasteiger partial charge is 0.462 e. The van der Waals surface area contributed by atoms with Crippen molar-refractivity contribution in [2.24, 2.45) is 0 Å². The molecule has 0 unspecified atom stereocenters. The first kappa shape index (κ1) is 15.0. The second-order valence-corrected chi connectivity index (χ2v) is 6.06. The molecule has 0 saturated heterocycles. The van der Waals surface area contributed by atoms with Crippen molar-refractivity contribution in [2.75, 3.05) is 11.9 Å². The van der Waals surface area contributed by atoms with Crippen LogP contribution in [0.15, 0.2) is 0 Å². The summed E-state index contributed by atoms with van der Waals surface area (Å²) in [4.78, 5) is 25.1. The van der Waals surface area contributed by atoms with Crippen LogP contribution < -0.4 is 5.32 Å². The Bertz CT molecular complexity index is 507. The predicted molar refractivity (Wildman–Crippen MR) is 80.5 cm³/mol. The molecule has 0 fully saturated rings. The normalized spacial score (nSPS) is 13.7. The number of fused-ring (bicyclic) bond motifs is 1. The maximum Gasteiger partial charge on any atom is 0.341 e. The number of hydrogen-bond donors (Lipinski definition) is 1. The average molecular weight is 295 g/mol. The van der Waals surface area contributed by atoms with E-state index in [0.717, 1.165) is 37.7 Å². The number of ether oxygens (including phenoxy) is 1. The Kier molecular flexibility index (Phi) is 5.17. The van der Waals surface area contributed by atoms with Gasteiger partial charge in [0.2, 0.25) is 5.91 Å². The fourth-order valence-electron chi connectivity index (χ4n) is 2.35. The van der Waals surface area contributed by atoms with Crippen LogP contribution in [0.2, 0.25) is 0 Å². The minimum absolute atomic E-state index is 0.0619. The number of esters is 1. The number of carbonyl (C=O) groups is 2. The highest BCUT2D eigenvalue weighted by Crippen LogP contribution is 2.38. The molecule has 1 aromatic rings. The molecular formula is C15H21NO3S. The molecule has 4 nitrogen and oxygen atoms in total. The van der Waals surface area contributed by atoms with E-state index in [4.69, 9.17) is 4.74 Å². The molecule has 1 amide bonds. The van der Waals surface area contributed by atoms with Crippen LogP contribution in [0.4, 0.5) is 5.00 Å². The molecule has 0 atom stereocenters. The molecule has 0 aromatic carbocycles. The van der Waals surface area contributed by atoms with Gasteiger partial charge in [0.05, 0.1) is 12.2 Å². The third-order valence-electron chi connectivity index (χ3n) is 3.39. The molecule has 0 saturated carbocycles. The summed E-state index contributed by atoms with van der Waals surface area (Å²) in [5.74, 6) is -0.356. The van der Waals surface area contributed by atoms with E-state index >= 15 is 0 Å². The Morgan fingerprint density at radius 3 is 2.70 bits per heavy atom. The van der Waals surface area contributed by atoms with Crippen LogP contribution in [-0.4, -0.2) is 18.5 Å². The molecule has 0 spiro atoms. The van der Waals surface area contributed by atoms with E-state index in [0.29, 0.717) is 23.6 Å².